The summed E-state index contributed by atoms with van der Waals surface area (Å²) >= 11 is 0. The molecule has 3 heteroatoms. The van der Waals surface area contributed by atoms with Crippen molar-refractivity contribution in [3.05, 3.63) is 0 Å². The van der Waals surface area contributed by atoms with Gasteiger partial charge in [0.05, 0.1) is 0 Å². The highest BCUT2D eigenvalue weighted by molar-refractivity contribution is 4.82. The molecule has 1 aliphatic heterocycles. The molecular weight excluding hydrogens is 366 g/mol. The lowest BCUT2D eigenvalue weighted by molar-refractivity contribution is 0.195. The summed E-state index contributed by atoms with van der Waals surface area (Å²) in [4.78, 5) is 7.59. The zero-order valence-corrected chi connectivity index (χ0v) is 22.6. The Bertz CT molecular complexity index is 461. The molecule has 0 spiro atoms. The average molecular weight is 424 g/mol. The maximum absolute atomic E-state index is 2.72. The first-order chi connectivity index (χ1) is 13.7. The van der Waals surface area contributed by atoms with Gasteiger partial charge in [-0.25, -0.2) is 0 Å². The minimum absolute atomic E-state index is 0.444. The summed E-state index contributed by atoms with van der Waals surface area (Å²) in [6.45, 7) is 24.6. The summed E-state index contributed by atoms with van der Waals surface area (Å²) < 4.78 is 0. The first kappa shape index (κ1) is 27.9. The van der Waals surface area contributed by atoms with Crippen molar-refractivity contribution < 1.29 is 0 Å². The number of hydrogen-bond donors (Lipinski definition) is 0. The number of hydrogen-bond acceptors (Lipinski definition) is 3. The Morgan fingerprint density at radius 2 is 1.40 bits per heavy atom. The fourth-order valence-corrected chi connectivity index (χ4v) is 4.74. The second-order valence-corrected chi connectivity index (χ2v) is 13.5. The largest absolute Gasteiger partial charge is 0.309 e. The summed E-state index contributed by atoms with van der Waals surface area (Å²) in [7, 11) is 6.68. The Morgan fingerprint density at radius 1 is 0.767 bits per heavy atom. The Kier molecular flexibility index (Phi) is 11.4. The van der Waals surface area contributed by atoms with Gasteiger partial charge in [-0.3, -0.25) is 0 Å². The molecule has 0 aromatic heterocycles. The van der Waals surface area contributed by atoms with Crippen molar-refractivity contribution in [3.8, 4) is 0 Å². The van der Waals surface area contributed by atoms with Crippen LogP contribution in [0, 0.1) is 22.2 Å². The van der Waals surface area contributed by atoms with E-state index in [1.807, 2.05) is 0 Å². The lowest BCUT2D eigenvalue weighted by Crippen LogP contribution is -2.29. The second kappa shape index (κ2) is 12.2. The van der Waals surface area contributed by atoms with Gasteiger partial charge in [0.15, 0.2) is 0 Å². The van der Waals surface area contributed by atoms with Gasteiger partial charge in [0, 0.05) is 6.54 Å². The van der Waals surface area contributed by atoms with Gasteiger partial charge in [0.25, 0.3) is 0 Å². The smallest absolute Gasteiger partial charge is 0.00103 e. The van der Waals surface area contributed by atoms with Gasteiger partial charge in [-0.15, -0.1) is 0 Å². The van der Waals surface area contributed by atoms with Crippen LogP contribution in [0.4, 0.5) is 0 Å². The molecule has 1 rings (SSSR count). The molecule has 0 saturated carbocycles. The first-order valence-electron chi connectivity index (χ1n) is 12.7. The van der Waals surface area contributed by atoms with E-state index in [1.165, 1.54) is 84.2 Å². The molecule has 1 fully saturated rings. The maximum Gasteiger partial charge on any atom is 0.00103 e. The third kappa shape index (κ3) is 13.3. The molecule has 3 nitrogen and oxygen atoms in total. The summed E-state index contributed by atoms with van der Waals surface area (Å²) in [5, 5.41) is 0. The molecule has 0 aromatic rings. The number of nitrogens with zero attached hydrogens (tertiary/aromatic N) is 3. The predicted octanol–water partition coefficient (Wildman–Crippen LogP) is 6.24. The van der Waals surface area contributed by atoms with Crippen LogP contribution in [0.15, 0.2) is 0 Å². The van der Waals surface area contributed by atoms with Crippen LogP contribution < -0.4 is 0 Å². The second-order valence-electron chi connectivity index (χ2n) is 13.5. The standard InChI is InChI=1S/C27H57N3/c1-25(2,3)14-21-30-18-12-24(23-30)22-27(6,7)13-11-17-29(10)20-16-26(4,5)15-19-28(8)9/h24H,11-23H2,1-10H3. The van der Waals surface area contributed by atoms with Crippen molar-refractivity contribution in [2.45, 2.75) is 93.4 Å². The van der Waals surface area contributed by atoms with E-state index in [0.29, 0.717) is 16.2 Å². The van der Waals surface area contributed by atoms with E-state index in [9.17, 15) is 0 Å². The molecule has 1 atom stereocenters. The fourth-order valence-electron chi connectivity index (χ4n) is 4.74. The van der Waals surface area contributed by atoms with Crippen LogP contribution in [0.1, 0.15) is 93.4 Å². The van der Waals surface area contributed by atoms with Crippen molar-refractivity contribution in [1.82, 2.24) is 14.7 Å². The van der Waals surface area contributed by atoms with Crippen molar-refractivity contribution in [2.75, 3.05) is 60.4 Å². The molecule has 0 aromatic carbocycles. The molecule has 1 unspecified atom stereocenters. The minimum Gasteiger partial charge on any atom is -0.309 e. The summed E-state index contributed by atoms with van der Waals surface area (Å²) in [5.41, 5.74) is 1.39. The van der Waals surface area contributed by atoms with Crippen LogP contribution in [0.25, 0.3) is 0 Å². The molecule has 1 saturated heterocycles. The van der Waals surface area contributed by atoms with Crippen LogP contribution in [-0.4, -0.2) is 75.1 Å². The number of rotatable bonds is 14. The van der Waals surface area contributed by atoms with E-state index < -0.39 is 0 Å². The Labute approximate surface area is 191 Å². The first-order valence-corrected chi connectivity index (χ1v) is 12.7. The van der Waals surface area contributed by atoms with Gasteiger partial charge in [-0.05, 0) is 121 Å². The van der Waals surface area contributed by atoms with Crippen molar-refractivity contribution >= 4 is 0 Å². The van der Waals surface area contributed by atoms with E-state index in [0.717, 1.165) is 5.92 Å². The average Bonchev–Trinajstić information content (AvgIpc) is 3.02. The molecule has 0 amide bonds. The van der Waals surface area contributed by atoms with Gasteiger partial charge in [-0.2, -0.15) is 0 Å². The topological polar surface area (TPSA) is 9.72 Å². The molecular formula is C27H57N3. The van der Waals surface area contributed by atoms with Gasteiger partial charge >= 0.3 is 0 Å². The summed E-state index contributed by atoms with van der Waals surface area (Å²) in [6.07, 6.45) is 9.42. The molecule has 30 heavy (non-hydrogen) atoms. The van der Waals surface area contributed by atoms with Crippen LogP contribution in [0.2, 0.25) is 0 Å². The van der Waals surface area contributed by atoms with Gasteiger partial charge < -0.3 is 14.7 Å². The van der Waals surface area contributed by atoms with Gasteiger partial charge in [0.2, 0.25) is 0 Å². The van der Waals surface area contributed by atoms with Gasteiger partial charge in [-0.1, -0.05) is 48.5 Å². The lowest BCUT2D eigenvalue weighted by atomic mass is 9.79. The molecule has 180 valence electrons. The zero-order valence-electron chi connectivity index (χ0n) is 22.6. The molecule has 0 radical (unpaired) electrons. The quantitative estimate of drug-likeness (QED) is 0.327. The number of likely N-dealkylation sites (tertiary alicyclic amines) is 1. The monoisotopic (exact) mass is 423 g/mol. The van der Waals surface area contributed by atoms with Gasteiger partial charge in [0.1, 0.15) is 0 Å². The third-order valence-corrected chi connectivity index (χ3v) is 7.19. The van der Waals surface area contributed by atoms with Crippen LogP contribution >= 0.6 is 0 Å². The third-order valence-electron chi connectivity index (χ3n) is 7.19. The Morgan fingerprint density at radius 3 is 2.00 bits per heavy atom. The highest BCUT2D eigenvalue weighted by Crippen LogP contribution is 2.35. The van der Waals surface area contributed by atoms with E-state index in [1.54, 1.807) is 0 Å². The molecule has 0 aliphatic carbocycles. The van der Waals surface area contributed by atoms with Crippen LogP contribution in [0.5, 0.6) is 0 Å². The molecule has 0 N–H and O–H groups in total. The summed E-state index contributed by atoms with van der Waals surface area (Å²) in [6, 6.07) is 0. The van der Waals surface area contributed by atoms with E-state index in [4.69, 9.17) is 0 Å². The fraction of sp³-hybridized carbons (Fsp3) is 1.00. The van der Waals surface area contributed by atoms with Crippen molar-refractivity contribution in [1.29, 1.82) is 0 Å². The van der Waals surface area contributed by atoms with E-state index in [2.05, 4.69) is 84.3 Å². The highest BCUT2D eigenvalue weighted by Gasteiger charge is 2.29. The molecule has 1 aliphatic rings. The predicted molar refractivity (Wildman–Crippen MR) is 135 cm³/mol. The SMILES string of the molecule is CN(C)CCC(C)(C)CCN(C)CCCC(C)(C)CC1CCN(CCC(C)(C)C)C1. The zero-order chi connectivity index (χ0) is 23.0. The van der Waals surface area contributed by atoms with Crippen molar-refractivity contribution in [2.24, 2.45) is 22.2 Å². The molecule has 1 heterocycles. The highest BCUT2D eigenvalue weighted by atomic mass is 15.1. The molecule has 0 bridgehead atoms. The maximum atomic E-state index is 2.72. The Balaban J connectivity index is 2.23. The van der Waals surface area contributed by atoms with E-state index in [-0.39, 0.29) is 0 Å². The van der Waals surface area contributed by atoms with E-state index >= 15 is 0 Å². The summed E-state index contributed by atoms with van der Waals surface area (Å²) in [5.74, 6) is 0.912. The minimum atomic E-state index is 0.444. The van der Waals surface area contributed by atoms with Crippen LogP contribution in [0.3, 0.4) is 0 Å². The Hall–Kier alpha value is -0.120. The van der Waals surface area contributed by atoms with Crippen LogP contribution in [-0.2, 0) is 0 Å². The van der Waals surface area contributed by atoms with Crippen molar-refractivity contribution in [3.63, 3.8) is 0 Å². The normalized spacial score (nSPS) is 19.4. The lowest BCUT2D eigenvalue weighted by Gasteiger charge is -2.31.